The molecule has 0 bridgehead atoms. The van der Waals surface area contributed by atoms with Gasteiger partial charge in [0.15, 0.2) is 0 Å². The molecule has 2 N–H and O–H groups in total. The molecule has 0 aromatic carbocycles. The van der Waals surface area contributed by atoms with Crippen molar-refractivity contribution in [3.05, 3.63) is 23.4 Å². The number of halogens is 3. The summed E-state index contributed by atoms with van der Waals surface area (Å²) >= 11 is 0. The number of carbonyl (C=O) groups is 1. The minimum absolute atomic E-state index is 0.0357. The molecular weight excluding hydrogens is 287 g/mol. The maximum Gasteiger partial charge on any atom is 0.433 e. The van der Waals surface area contributed by atoms with Crippen LogP contribution in [-0.2, 0) is 11.0 Å². The number of hydrogen-bond acceptors (Lipinski definition) is 4. The van der Waals surface area contributed by atoms with Gasteiger partial charge in [0.1, 0.15) is 17.6 Å². The maximum atomic E-state index is 12.5. The van der Waals surface area contributed by atoms with Crippen LogP contribution >= 0.6 is 0 Å². The van der Waals surface area contributed by atoms with Crippen molar-refractivity contribution in [3.8, 4) is 6.07 Å². The standard InChI is InChI=1S/C13H14F3N3O2/c14-13(15,16)10-6-5-9(8-17)12(19-10)18-7-3-1-2-4-11(20)21/h5-6H,1-4,7H2,(H,18,19)(H,20,21). The van der Waals surface area contributed by atoms with Crippen molar-refractivity contribution in [2.45, 2.75) is 31.9 Å². The van der Waals surface area contributed by atoms with E-state index < -0.39 is 17.8 Å². The number of aliphatic carboxylic acids is 1. The highest BCUT2D eigenvalue weighted by molar-refractivity contribution is 5.66. The van der Waals surface area contributed by atoms with Gasteiger partial charge in [0.05, 0.1) is 5.56 Å². The molecule has 114 valence electrons. The molecule has 0 unspecified atom stereocenters. The van der Waals surface area contributed by atoms with Crippen molar-refractivity contribution in [2.75, 3.05) is 11.9 Å². The average molecular weight is 301 g/mol. The number of alkyl halides is 3. The minimum Gasteiger partial charge on any atom is -0.481 e. The molecule has 0 spiro atoms. The molecule has 5 nitrogen and oxygen atoms in total. The van der Waals surface area contributed by atoms with Gasteiger partial charge in [0.2, 0.25) is 0 Å². The first-order chi connectivity index (χ1) is 9.84. The Bertz CT molecular complexity index is 538. The molecule has 0 aliphatic rings. The van der Waals surface area contributed by atoms with Gasteiger partial charge in [-0.3, -0.25) is 4.79 Å². The van der Waals surface area contributed by atoms with E-state index in [0.29, 0.717) is 25.8 Å². The number of carboxylic acid groups (broad SMARTS) is 1. The fourth-order valence-corrected chi connectivity index (χ4v) is 1.63. The Kier molecular flexibility index (Phi) is 5.96. The Morgan fingerprint density at radius 3 is 2.62 bits per heavy atom. The van der Waals surface area contributed by atoms with Gasteiger partial charge >= 0.3 is 12.1 Å². The van der Waals surface area contributed by atoms with E-state index in [1.807, 2.05) is 0 Å². The Morgan fingerprint density at radius 2 is 2.05 bits per heavy atom. The van der Waals surface area contributed by atoms with Gasteiger partial charge in [-0.25, -0.2) is 4.98 Å². The number of anilines is 1. The van der Waals surface area contributed by atoms with E-state index in [9.17, 15) is 18.0 Å². The van der Waals surface area contributed by atoms with Crippen molar-refractivity contribution in [1.82, 2.24) is 4.98 Å². The number of nitrogens with one attached hydrogen (secondary N) is 1. The monoisotopic (exact) mass is 301 g/mol. The number of nitrogens with zero attached hydrogens (tertiary/aromatic N) is 2. The van der Waals surface area contributed by atoms with Gasteiger partial charge in [-0.1, -0.05) is 6.42 Å². The highest BCUT2D eigenvalue weighted by atomic mass is 19.4. The minimum atomic E-state index is -4.56. The summed E-state index contributed by atoms with van der Waals surface area (Å²) in [7, 11) is 0. The predicted octanol–water partition coefficient (Wildman–Crippen LogP) is 3.03. The van der Waals surface area contributed by atoms with Crippen molar-refractivity contribution in [2.24, 2.45) is 0 Å². The molecule has 0 atom stereocenters. The lowest BCUT2D eigenvalue weighted by molar-refractivity contribution is -0.141. The van der Waals surface area contributed by atoms with E-state index in [1.54, 1.807) is 6.07 Å². The first kappa shape index (κ1) is 16.8. The second-order valence-corrected chi connectivity index (χ2v) is 4.33. The number of nitriles is 1. The average Bonchev–Trinajstić information content (AvgIpc) is 2.41. The van der Waals surface area contributed by atoms with Crippen LogP contribution in [0.4, 0.5) is 19.0 Å². The molecule has 0 saturated heterocycles. The third kappa shape index (κ3) is 5.69. The maximum absolute atomic E-state index is 12.5. The van der Waals surface area contributed by atoms with E-state index >= 15 is 0 Å². The first-order valence-electron chi connectivity index (χ1n) is 6.28. The largest absolute Gasteiger partial charge is 0.481 e. The predicted molar refractivity (Wildman–Crippen MR) is 68.5 cm³/mol. The molecule has 0 aliphatic carbocycles. The number of carboxylic acids is 1. The van der Waals surface area contributed by atoms with Crippen LogP contribution in [0.1, 0.15) is 36.9 Å². The lowest BCUT2D eigenvalue weighted by atomic mass is 10.2. The Balaban J connectivity index is 2.57. The summed E-state index contributed by atoms with van der Waals surface area (Å²) in [4.78, 5) is 13.7. The summed E-state index contributed by atoms with van der Waals surface area (Å²) in [6.45, 7) is 0.322. The van der Waals surface area contributed by atoms with Gasteiger partial charge in [-0.05, 0) is 25.0 Å². The first-order valence-corrected chi connectivity index (χ1v) is 6.28. The highest BCUT2D eigenvalue weighted by Gasteiger charge is 2.33. The third-order valence-corrected chi connectivity index (χ3v) is 2.67. The topological polar surface area (TPSA) is 86.0 Å². The molecule has 8 heteroatoms. The van der Waals surface area contributed by atoms with Gasteiger partial charge in [0.25, 0.3) is 0 Å². The smallest absolute Gasteiger partial charge is 0.433 e. The van der Waals surface area contributed by atoms with E-state index in [-0.39, 0.29) is 17.8 Å². The summed E-state index contributed by atoms with van der Waals surface area (Å²) < 4.78 is 37.6. The molecule has 0 fully saturated rings. The fraction of sp³-hybridized carbons (Fsp3) is 0.462. The summed E-state index contributed by atoms with van der Waals surface area (Å²) in [5.74, 6) is -0.986. The van der Waals surface area contributed by atoms with E-state index in [1.165, 1.54) is 0 Å². The normalized spacial score (nSPS) is 11.0. The third-order valence-electron chi connectivity index (χ3n) is 2.67. The van der Waals surface area contributed by atoms with Gasteiger partial charge in [-0.15, -0.1) is 0 Å². The zero-order chi connectivity index (χ0) is 15.9. The molecule has 1 rings (SSSR count). The van der Waals surface area contributed by atoms with Crippen LogP contribution in [0.3, 0.4) is 0 Å². The summed E-state index contributed by atoms with van der Waals surface area (Å²) in [6.07, 6.45) is -2.80. The number of hydrogen-bond donors (Lipinski definition) is 2. The van der Waals surface area contributed by atoms with Crippen molar-refractivity contribution in [1.29, 1.82) is 5.26 Å². The van der Waals surface area contributed by atoms with Crippen LogP contribution in [0.15, 0.2) is 12.1 Å². The van der Waals surface area contributed by atoms with Gasteiger partial charge in [0, 0.05) is 13.0 Å². The fourth-order valence-electron chi connectivity index (χ4n) is 1.63. The van der Waals surface area contributed by atoms with E-state index in [2.05, 4.69) is 10.3 Å². The molecular formula is C13H14F3N3O2. The molecule has 1 heterocycles. The van der Waals surface area contributed by atoms with Crippen molar-refractivity contribution in [3.63, 3.8) is 0 Å². The van der Waals surface area contributed by atoms with Crippen LogP contribution in [-0.4, -0.2) is 22.6 Å². The van der Waals surface area contributed by atoms with Crippen LogP contribution in [0.5, 0.6) is 0 Å². The van der Waals surface area contributed by atoms with E-state index in [0.717, 1.165) is 12.1 Å². The summed E-state index contributed by atoms with van der Waals surface area (Å²) in [6, 6.07) is 3.60. The quantitative estimate of drug-likeness (QED) is 0.756. The molecule has 21 heavy (non-hydrogen) atoms. The summed E-state index contributed by atoms with van der Waals surface area (Å²) in [5.41, 5.74) is -1.02. The van der Waals surface area contributed by atoms with Crippen LogP contribution in [0, 0.1) is 11.3 Å². The second-order valence-electron chi connectivity index (χ2n) is 4.33. The molecule has 0 aliphatic heterocycles. The molecule has 0 radical (unpaired) electrons. The number of rotatable bonds is 7. The van der Waals surface area contributed by atoms with Gasteiger partial charge < -0.3 is 10.4 Å². The highest BCUT2D eigenvalue weighted by Crippen LogP contribution is 2.29. The molecule has 1 aromatic rings. The SMILES string of the molecule is N#Cc1ccc(C(F)(F)F)nc1NCCCCCC(=O)O. The number of unbranched alkanes of at least 4 members (excludes halogenated alkanes) is 2. The molecule has 1 aromatic heterocycles. The zero-order valence-electron chi connectivity index (χ0n) is 11.1. The molecule has 0 amide bonds. The van der Waals surface area contributed by atoms with E-state index in [4.69, 9.17) is 10.4 Å². The number of pyridine rings is 1. The summed E-state index contributed by atoms with van der Waals surface area (Å²) in [5, 5.41) is 20.0. The zero-order valence-corrected chi connectivity index (χ0v) is 11.1. The lowest BCUT2D eigenvalue weighted by Gasteiger charge is -2.11. The van der Waals surface area contributed by atoms with Crippen LogP contribution in [0.25, 0.3) is 0 Å². The molecule has 0 saturated carbocycles. The Hall–Kier alpha value is -2.30. The van der Waals surface area contributed by atoms with Crippen LogP contribution < -0.4 is 5.32 Å². The van der Waals surface area contributed by atoms with Crippen LogP contribution in [0.2, 0.25) is 0 Å². The Labute approximate surface area is 119 Å². The lowest BCUT2D eigenvalue weighted by Crippen LogP contribution is -2.12. The van der Waals surface area contributed by atoms with Gasteiger partial charge in [-0.2, -0.15) is 18.4 Å². The number of aromatic nitrogens is 1. The van der Waals surface area contributed by atoms with Crippen molar-refractivity contribution < 1.29 is 23.1 Å². The Morgan fingerprint density at radius 1 is 1.33 bits per heavy atom. The van der Waals surface area contributed by atoms with Crippen molar-refractivity contribution >= 4 is 11.8 Å². The second kappa shape index (κ2) is 7.47.